The first-order chi connectivity index (χ1) is 40.3. The van der Waals surface area contributed by atoms with Gasteiger partial charge in [-0.1, -0.05) is 177 Å². The summed E-state index contributed by atoms with van der Waals surface area (Å²) in [6.45, 7) is 47.0. The molecule has 11 bridgehead atoms. The number of anilines is 6. The molecule has 0 aromatic heterocycles. The zero-order valence-electron chi connectivity index (χ0n) is 55.8. The molecular formula is C81H95B2N3. The van der Waals surface area contributed by atoms with Gasteiger partial charge in [0.15, 0.2) is 7.28 Å². The van der Waals surface area contributed by atoms with Gasteiger partial charge in [0.05, 0.1) is 5.54 Å². The first kappa shape index (κ1) is 53.6. The van der Waals surface area contributed by atoms with Gasteiger partial charge in [-0.2, -0.15) is 0 Å². The molecule has 1 fully saturated rings. The third kappa shape index (κ3) is 6.14. The Kier molecular flexibility index (Phi) is 9.71. The standard InChI is InChI=1S/C81H95B2N3/c1-71(2)31-33-78(15)45-19-22-54-63(35-45)86-49-38-64-67-65(39-49)85(48-21-24-52(71)60(78)37-48)70-66(51-41-57-59(43-62(51)82-70)76(11,12)30-28-74(57,7)8)83(67)69-68(50-40-56-58(42-55(50)77(69,13)14)75(9,10)29-27-73(56,5)6)84(64)47-20-23-53-61(36-47)79(16,34-32-72(53,3)4)46-25-26-80(54,17)81(86,18)44-46/h19-24,35-43,46,66,70,82H,25-34,44H2,1-18H3. The number of rotatable bonds is 0. The number of hydrogen-bond donors (Lipinski definition) is 0. The molecule has 7 atom stereocenters. The maximum atomic E-state index is 3.05. The fourth-order valence-electron chi connectivity index (χ4n) is 22.8. The van der Waals surface area contributed by atoms with Crippen LogP contribution in [0.2, 0.25) is 0 Å². The van der Waals surface area contributed by atoms with Crippen molar-refractivity contribution in [2.24, 2.45) is 5.92 Å². The van der Waals surface area contributed by atoms with Crippen LogP contribution in [-0.4, -0.2) is 25.5 Å². The average Bonchev–Trinajstić information content (AvgIpc) is 1.44. The van der Waals surface area contributed by atoms with Crippen LogP contribution < -0.4 is 25.6 Å². The van der Waals surface area contributed by atoms with Crippen molar-refractivity contribution in [1.29, 1.82) is 0 Å². The van der Waals surface area contributed by atoms with Crippen LogP contribution in [0.5, 0.6) is 0 Å². The summed E-state index contributed by atoms with van der Waals surface area (Å²) in [5.74, 6) is 0.977. The van der Waals surface area contributed by atoms with Crippen molar-refractivity contribution in [3.63, 3.8) is 0 Å². The molecule has 6 aliphatic heterocycles. The SMILES string of the molecule is CC1(C)CCC(C)(C)c2cc3c(cc21)BC1C3B2C3=C(c4cc5c(cc4C3(C)C)C(C)(C)CCC5(C)C)N3c4ccc5c(c4)C(C)(CCC5(C)C)C4CCC5(C)c6ccc7cc6N(c6cc3c2c(c6)N1c1ccc2c(c1)C7(C)CCC2(C)C)C5(C)C4. The summed E-state index contributed by atoms with van der Waals surface area (Å²) in [5, 5.41) is 0. The Balaban J connectivity index is 1.03. The van der Waals surface area contributed by atoms with Gasteiger partial charge >= 0.3 is 0 Å². The highest BCUT2D eigenvalue weighted by atomic mass is 15.3. The summed E-state index contributed by atoms with van der Waals surface area (Å²) in [5.41, 5.74) is 35.1. The van der Waals surface area contributed by atoms with Gasteiger partial charge in [0.2, 0.25) is 6.71 Å². The molecule has 0 N–H and O–H groups in total. The van der Waals surface area contributed by atoms with E-state index in [0.717, 1.165) is 20.1 Å². The molecule has 6 aromatic carbocycles. The largest absolute Gasteiger partial charge is 0.346 e. The van der Waals surface area contributed by atoms with Gasteiger partial charge in [0, 0.05) is 67.6 Å². The van der Waals surface area contributed by atoms with E-state index in [9.17, 15) is 0 Å². The minimum absolute atomic E-state index is 0.0155. The molecule has 18 rings (SSSR count). The summed E-state index contributed by atoms with van der Waals surface area (Å²) >= 11 is 0. The number of nitrogens with zero attached hydrogens (tertiary/aromatic N) is 3. The zero-order chi connectivity index (χ0) is 59.9. The van der Waals surface area contributed by atoms with Crippen molar-refractivity contribution < 1.29 is 0 Å². The lowest BCUT2D eigenvalue weighted by molar-refractivity contribution is 0.0840. The molecule has 6 aliphatic carbocycles. The van der Waals surface area contributed by atoms with E-state index in [4.69, 9.17) is 0 Å². The lowest BCUT2D eigenvalue weighted by Crippen LogP contribution is -2.61. The second-order valence-corrected chi connectivity index (χ2v) is 36.4. The predicted octanol–water partition coefficient (Wildman–Crippen LogP) is 18.4. The third-order valence-electron chi connectivity index (χ3n) is 29.0. The van der Waals surface area contributed by atoms with Gasteiger partial charge in [0.25, 0.3) is 0 Å². The van der Waals surface area contributed by atoms with E-state index in [1.165, 1.54) is 109 Å². The molecule has 86 heavy (non-hydrogen) atoms. The lowest BCUT2D eigenvalue weighted by atomic mass is 9.25. The van der Waals surface area contributed by atoms with Gasteiger partial charge < -0.3 is 14.7 Å². The Labute approximate surface area is 517 Å². The van der Waals surface area contributed by atoms with Crippen LogP contribution in [0, 0.1) is 5.92 Å². The minimum atomic E-state index is -0.258. The second kappa shape index (κ2) is 15.6. The number of allylic oxidation sites excluding steroid dienone is 1. The summed E-state index contributed by atoms with van der Waals surface area (Å²) in [6, 6.07) is 41.0. The molecular weight excluding hydrogens is 1040 g/mol. The van der Waals surface area contributed by atoms with E-state index in [0.29, 0.717) is 5.92 Å². The van der Waals surface area contributed by atoms with Crippen LogP contribution >= 0.6 is 0 Å². The molecule has 0 spiro atoms. The first-order valence-electron chi connectivity index (χ1n) is 34.4. The molecule has 1 saturated carbocycles. The van der Waals surface area contributed by atoms with Crippen LogP contribution in [0.1, 0.15) is 273 Å². The zero-order valence-corrected chi connectivity index (χ0v) is 55.8. The molecule has 3 nitrogen and oxygen atoms in total. The molecule has 0 radical (unpaired) electrons. The van der Waals surface area contributed by atoms with Gasteiger partial charge in [-0.15, -0.1) is 0 Å². The topological polar surface area (TPSA) is 9.72 Å². The molecule has 440 valence electrons. The quantitative estimate of drug-likeness (QED) is 0.140. The molecule has 6 heterocycles. The lowest BCUT2D eigenvalue weighted by Gasteiger charge is -2.58. The normalized spacial score (nSPS) is 32.7. The number of fused-ring (bicyclic) bond motifs is 20. The van der Waals surface area contributed by atoms with Crippen molar-refractivity contribution >= 4 is 64.7 Å². The summed E-state index contributed by atoms with van der Waals surface area (Å²) in [7, 11) is 1.04. The molecule has 5 heteroatoms. The minimum Gasteiger partial charge on any atom is -0.346 e. The van der Waals surface area contributed by atoms with Crippen molar-refractivity contribution in [1.82, 2.24) is 0 Å². The maximum absolute atomic E-state index is 3.05. The van der Waals surface area contributed by atoms with E-state index >= 15 is 0 Å². The van der Waals surface area contributed by atoms with Crippen LogP contribution in [0.15, 0.2) is 96.5 Å². The predicted molar refractivity (Wildman–Crippen MR) is 366 cm³/mol. The highest BCUT2D eigenvalue weighted by Crippen LogP contribution is 2.69. The van der Waals surface area contributed by atoms with Crippen molar-refractivity contribution in [2.45, 2.75) is 267 Å². The van der Waals surface area contributed by atoms with E-state index in [-0.39, 0.29) is 78.2 Å². The molecule has 6 aromatic rings. The van der Waals surface area contributed by atoms with E-state index in [2.05, 4.69) is 230 Å². The Bertz CT molecular complexity index is 4200. The molecule has 7 unspecified atom stereocenters. The Morgan fingerprint density at radius 2 is 1.02 bits per heavy atom. The van der Waals surface area contributed by atoms with Gasteiger partial charge in [0.1, 0.15) is 0 Å². The number of benzene rings is 6. The summed E-state index contributed by atoms with van der Waals surface area (Å²) in [6.07, 6.45) is 13.2. The second-order valence-electron chi connectivity index (χ2n) is 36.4. The Morgan fingerprint density at radius 1 is 0.453 bits per heavy atom. The smallest absolute Gasteiger partial charge is 0.222 e. The fraction of sp³-hybridized carbons (Fsp3) is 0.531. The maximum Gasteiger partial charge on any atom is 0.222 e. The summed E-state index contributed by atoms with van der Waals surface area (Å²) in [4.78, 5) is 9.03. The fourth-order valence-corrected chi connectivity index (χ4v) is 22.8. The molecule has 12 aliphatic rings. The first-order valence-corrected chi connectivity index (χ1v) is 34.4. The van der Waals surface area contributed by atoms with Crippen LogP contribution in [0.25, 0.3) is 5.70 Å². The number of hydrogen-bond acceptors (Lipinski definition) is 3. The molecule has 0 amide bonds. The summed E-state index contributed by atoms with van der Waals surface area (Å²) < 4.78 is 0. The van der Waals surface area contributed by atoms with Crippen LogP contribution in [0.4, 0.5) is 34.1 Å². The average molecular weight is 1130 g/mol. The van der Waals surface area contributed by atoms with Crippen LogP contribution in [-0.2, 0) is 54.1 Å². The third-order valence-corrected chi connectivity index (χ3v) is 29.0. The van der Waals surface area contributed by atoms with E-state index in [1.807, 2.05) is 0 Å². The van der Waals surface area contributed by atoms with E-state index in [1.54, 1.807) is 77.6 Å². The monoisotopic (exact) mass is 1130 g/mol. The highest BCUT2D eigenvalue weighted by Gasteiger charge is 2.65. The Morgan fingerprint density at radius 3 is 1.72 bits per heavy atom. The Hall–Kier alpha value is -5.41. The molecule has 0 saturated heterocycles. The van der Waals surface area contributed by atoms with Crippen molar-refractivity contribution in [3.05, 3.63) is 169 Å². The van der Waals surface area contributed by atoms with Crippen molar-refractivity contribution in [2.75, 3.05) is 14.7 Å². The van der Waals surface area contributed by atoms with E-state index < -0.39 is 0 Å². The van der Waals surface area contributed by atoms with Gasteiger partial charge in [-0.25, -0.2) is 0 Å². The van der Waals surface area contributed by atoms with Crippen LogP contribution in [0.3, 0.4) is 0 Å². The highest BCUT2D eigenvalue weighted by molar-refractivity contribution is 6.88. The van der Waals surface area contributed by atoms with Gasteiger partial charge in [-0.05, 0) is 242 Å². The van der Waals surface area contributed by atoms with Gasteiger partial charge in [-0.3, -0.25) is 0 Å². The van der Waals surface area contributed by atoms with Crippen molar-refractivity contribution in [3.8, 4) is 0 Å².